The first kappa shape index (κ1) is 10.2. The Hall–Kier alpha value is -2.37. The molecule has 2 rings (SSSR count). The predicted molar refractivity (Wildman–Crippen MR) is 59.9 cm³/mol. The van der Waals surface area contributed by atoms with Crippen LogP contribution in [0.2, 0.25) is 0 Å². The van der Waals surface area contributed by atoms with Gasteiger partial charge in [0.1, 0.15) is 5.82 Å². The largest absolute Gasteiger partial charge is 0.399 e. The number of aryl methyl sites for hydroxylation is 1. The van der Waals surface area contributed by atoms with Crippen LogP contribution in [0.4, 0.5) is 11.6 Å². The number of nitrogens with one attached hydrogen (secondary N) is 2. The summed E-state index contributed by atoms with van der Waals surface area (Å²) in [7, 11) is 0. The maximum absolute atomic E-state index is 11.7. The first-order valence-corrected chi connectivity index (χ1v) is 4.71. The van der Waals surface area contributed by atoms with Crippen molar-refractivity contribution >= 4 is 17.5 Å². The van der Waals surface area contributed by atoms with Gasteiger partial charge in [0, 0.05) is 11.3 Å². The lowest BCUT2D eigenvalue weighted by Crippen LogP contribution is -2.12. The molecule has 0 bridgehead atoms. The van der Waals surface area contributed by atoms with Crippen LogP contribution >= 0.6 is 0 Å². The molecule has 16 heavy (non-hydrogen) atoms. The summed E-state index contributed by atoms with van der Waals surface area (Å²) in [6.07, 6.45) is 0. The molecule has 1 aromatic heterocycles. The van der Waals surface area contributed by atoms with E-state index < -0.39 is 0 Å². The number of benzene rings is 1. The van der Waals surface area contributed by atoms with E-state index in [9.17, 15) is 4.79 Å². The van der Waals surface area contributed by atoms with Gasteiger partial charge in [-0.3, -0.25) is 15.2 Å². The van der Waals surface area contributed by atoms with E-state index in [2.05, 4.69) is 20.5 Å². The normalized spacial score (nSPS) is 10.1. The number of carbonyl (C=O) groups is 1. The van der Waals surface area contributed by atoms with Gasteiger partial charge in [0.05, 0.1) is 0 Å². The van der Waals surface area contributed by atoms with Crippen molar-refractivity contribution in [2.24, 2.45) is 0 Å². The highest BCUT2D eigenvalue weighted by atomic mass is 16.1. The van der Waals surface area contributed by atoms with Crippen LogP contribution < -0.4 is 11.1 Å². The van der Waals surface area contributed by atoms with Crippen molar-refractivity contribution in [2.75, 3.05) is 11.1 Å². The van der Waals surface area contributed by atoms with E-state index >= 15 is 0 Å². The van der Waals surface area contributed by atoms with E-state index in [0.29, 0.717) is 17.1 Å². The van der Waals surface area contributed by atoms with Crippen LogP contribution in [0.1, 0.15) is 16.2 Å². The fraction of sp³-hybridized carbons (Fsp3) is 0.100. The standard InChI is InChI=1S/C10H11N5O/c1-6-12-10(15-14-6)13-9(16)7-2-4-8(11)5-3-7/h2-5H,11H2,1H3,(H2,12,13,14,15,16). The quantitative estimate of drug-likeness (QED) is 0.652. The molecule has 0 spiro atoms. The molecule has 6 heteroatoms. The van der Waals surface area contributed by atoms with Crippen LogP contribution in [0.3, 0.4) is 0 Å². The van der Waals surface area contributed by atoms with Crippen LogP contribution in [0.15, 0.2) is 24.3 Å². The monoisotopic (exact) mass is 217 g/mol. The van der Waals surface area contributed by atoms with Gasteiger partial charge in [-0.2, -0.15) is 4.98 Å². The van der Waals surface area contributed by atoms with E-state index in [1.54, 1.807) is 31.2 Å². The second-order valence-electron chi connectivity index (χ2n) is 3.32. The highest BCUT2D eigenvalue weighted by Crippen LogP contribution is 2.07. The van der Waals surface area contributed by atoms with Crippen LogP contribution in [0.25, 0.3) is 0 Å². The van der Waals surface area contributed by atoms with Crippen molar-refractivity contribution in [1.82, 2.24) is 15.2 Å². The van der Waals surface area contributed by atoms with Crippen LogP contribution in [-0.4, -0.2) is 21.1 Å². The Kier molecular flexibility index (Phi) is 2.55. The van der Waals surface area contributed by atoms with E-state index in [4.69, 9.17) is 5.73 Å². The number of nitrogens with two attached hydrogens (primary N) is 1. The van der Waals surface area contributed by atoms with Gasteiger partial charge in [-0.1, -0.05) is 0 Å². The zero-order valence-corrected chi connectivity index (χ0v) is 8.69. The molecular weight excluding hydrogens is 206 g/mol. The highest BCUT2D eigenvalue weighted by Gasteiger charge is 2.08. The number of anilines is 2. The Morgan fingerprint density at radius 2 is 2.06 bits per heavy atom. The van der Waals surface area contributed by atoms with Gasteiger partial charge in [0.15, 0.2) is 0 Å². The van der Waals surface area contributed by atoms with E-state index in [1.165, 1.54) is 0 Å². The van der Waals surface area contributed by atoms with E-state index in [-0.39, 0.29) is 11.9 Å². The fourth-order valence-corrected chi connectivity index (χ4v) is 1.21. The maximum Gasteiger partial charge on any atom is 0.258 e. The third-order valence-electron chi connectivity index (χ3n) is 2.00. The third kappa shape index (κ3) is 2.17. The summed E-state index contributed by atoms with van der Waals surface area (Å²) >= 11 is 0. The zero-order chi connectivity index (χ0) is 11.5. The number of nitrogen functional groups attached to an aromatic ring is 1. The molecule has 0 atom stereocenters. The summed E-state index contributed by atoms with van der Waals surface area (Å²) < 4.78 is 0. The van der Waals surface area contributed by atoms with Crippen molar-refractivity contribution in [2.45, 2.75) is 6.92 Å². The minimum atomic E-state index is -0.265. The summed E-state index contributed by atoms with van der Waals surface area (Å²) in [6, 6.07) is 6.62. The van der Waals surface area contributed by atoms with Crippen molar-refractivity contribution in [3.05, 3.63) is 35.7 Å². The molecule has 0 aliphatic carbocycles. The number of aromatic amines is 1. The SMILES string of the molecule is Cc1nc(NC(=O)c2ccc(N)cc2)n[nH]1. The zero-order valence-electron chi connectivity index (χ0n) is 8.69. The smallest absolute Gasteiger partial charge is 0.258 e. The maximum atomic E-state index is 11.7. The summed E-state index contributed by atoms with van der Waals surface area (Å²) in [6.45, 7) is 1.76. The molecular formula is C10H11N5O. The second-order valence-corrected chi connectivity index (χ2v) is 3.32. The van der Waals surface area contributed by atoms with Crippen molar-refractivity contribution in [3.8, 4) is 0 Å². The van der Waals surface area contributed by atoms with E-state index in [0.717, 1.165) is 0 Å². The van der Waals surface area contributed by atoms with Gasteiger partial charge in [0.25, 0.3) is 5.91 Å². The van der Waals surface area contributed by atoms with Gasteiger partial charge in [0.2, 0.25) is 5.95 Å². The van der Waals surface area contributed by atoms with Gasteiger partial charge in [-0.05, 0) is 31.2 Å². The molecule has 82 valence electrons. The lowest BCUT2D eigenvalue weighted by Gasteiger charge is -2.00. The summed E-state index contributed by atoms with van der Waals surface area (Å²) in [4.78, 5) is 15.7. The number of amides is 1. The third-order valence-corrected chi connectivity index (χ3v) is 2.00. The Morgan fingerprint density at radius 3 is 2.62 bits per heavy atom. The fourth-order valence-electron chi connectivity index (χ4n) is 1.21. The van der Waals surface area contributed by atoms with Crippen LogP contribution in [0, 0.1) is 6.92 Å². The first-order chi connectivity index (χ1) is 7.65. The average molecular weight is 217 g/mol. The molecule has 0 fully saturated rings. The molecule has 1 heterocycles. The number of carbonyl (C=O) groups excluding carboxylic acids is 1. The molecule has 6 nitrogen and oxygen atoms in total. The molecule has 2 aromatic rings. The second kappa shape index (κ2) is 4.01. The summed E-state index contributed by atoms with van der Waals surface area (Å²) in [5.41, 5.74) is 6.65. The average Bonchev–Trinajstić information content (AvgIpc) is 2.65. The molecule has 1 aromatic carbocycles. The summed E-state index contributed by atoms with van der Waals surface area (Å²) in [5.74, 6) is 0.644. The molecule has 0 saturated heterocycles. The molecule has 0 unspecified atom stereocenters. The number of H-pyrrole nitrogens is 1. The van der Waals surface area contributed by atoms with Crippen molar-refractivity contribution in [3.63, 3.8) is 0 Å². The lowest BCUT2D eigenvalue weighted by molar-refractivity contribution is 0.102. The topological polar surface area (TPSA) is 96.7 Å². The predicted octanol–water partition coefficient (Wildman–Crippen LogP) is 0.948. The van der Waals surface area contributed by atoms with E-state index in [1.807, 2.05) is 0 Å². The Morgan fingerprint density at radius 1 is 1.38 bits per heavy atom. The number of rotatable bonds is 2. The number of hydrogen-bond donors (Lipinski definition) is 3. The lowest BCUT2D eigenvalue weighted by atomic mass is 10.2. The molecule has 0 saturated carbocycles. The molecule has 0 radical (unpaired) electrons. The van der Waals surface area contributed by atoms with Crippen LogP contribution in [-0.2, 0) is 0 Å². The molecule has 0 aliphatic heterocycles. The van der Waals surface area contributed by atoms with Crippen molar-refractivity contribution < 1.29 is 4.79 Å². The van der Waals surface area contributed by atoms with Crippen molar-refractivity contribution in [1.29, 1.82) is 0 Å². The number of hydrogen-bond acceptors (Lipinski definition) is 4. The molecule has 1 amide bonds. The van der Waals surface area contributed by atoms with Gasteiger partial charge in [-0.15, -0.1) is 5.10 Å². The number of nitrogens with zero attached hydrogens (tertiary/aromatic N) is 2. The van der Waals surface area contributed by atoms with Gasteiger partial charge >= 0.3 is 0 Å². The summed E-state index contributed by atoms with van der Waals surface area (Å²) in [5, 5.41) is 9.01. The van der Waals surface area contributed by atoms with Crippen LogP contribution in [0.5, 0.6) is 0 Å². The highest BCUT2D eigenvalue weighted by molar-refractivity contribution is 6.03. The van der Waals surface area contributed by atoms with Gasteiger partial charge in [-0.25, -0.2) is 0 Å². The minimum Gasteiger partial charge on any atom is -0.399 e. The number of aromatic nitrogens is 3. The minimum absolute atomic E-state index is 0.263. The first-order valence-electron chi connectivity index (χ1n) is 4.71. The van der Waals surface area contributed by atoms with Gasteiger partial charge < -0.3 is 5.73 Å². The Bertz CT molecular complexity index is 502. The molecule has 0 aliphatic rings. The Labute approximate surface area is 91.9 Å². The Balaban J connectivity index is 2.11. The molecule has 4 N–H and O–H groups in total.